The second-order valence-electron chi connectivity index (χ2n) is 17.7. The van der Waals surface area contributed by atoms with Crippen LogP contribution in [-0.2, 0) is 49.1 Å². The number of rotatable bonds is 15. The number of methoxy groups -OCH3 is 1. The Hall–Kier alpha value is -5.88. The van der Waals surface area contributed by atoms with Gasteiger partial charge >= 0.3 is 17.9 Å². The summed E-state index contributed by atoms with van der Waals surface area (Å²) in [7, 11) is 1.41. The summed E-state index contributed by atoms with van der Waals surface area (Å²) in [4.78, 5) is 37.0. The number of aliphatic hydroxyl groups is 2. The highest BCUT2D eigenvalue weighted by molar-refractivity contribution is 5.93. The van der Waals surface area contributed by atoms with E-state index >= 15 is 0 Å². The van der Waals surface area contributed by atoms with Crippen molar-refractivity contribution in [1.29, 1.82) is 0 Å². The van der Waals surface area contributed by atoms with Crippen LogP contribution in [0.25, 0.3) is 0 Å². The zero-order chi connectivity index (χ0) is 45.0. The number of ether oxygens (including phenoxy) is 2. The third-order valence-corrected chi connectivity index (χ3v) is 12.2. The Morgan fingerprint density at radius 2 is 1.21 bits per heavy atom. The Bertz CT molecular complexity index is 2290. The largest absolute Gasteiger partial charge is 0.496 e. The number of aliphatic carboxylic acids is 2. The molecule has 2 unspecified atom stereocenters. The van der Waals surface area contributed by atoms with Crippen LogP contribution in [-0.4, -0.2) is 56.6 Å². The lowest BCUT2D eigenvalue weighted by Gasteiger charge is -2.52. The lowest BCUT2D eigenvalue weighted by Crippen LogP contribution is -2.71. The van der Waals surface area contributed by atoms with E-state index in [4.69, 9.17) is 15.2 Å². The Kier molecular flexibility index (Phi) is 13.3. The minimum absolute atomic E-state index is 0.00795. The molecule has 0 saturated heterocycles. The highest BCUT2D eigenvalue weighted by Gasteiger charge is 2.63. The Morgan fingerprint density at radius 1 is 0.705 bits per heavy atom. The van der Waals surface area contributed by atoms with Gasteiger partial charge in [-0.3, -0.25) is 0 Å². The molecule has 6 rings (SSSR count). The van der Waals surface area contributed by atoms with Gasteiger partial charge in [0, 0.05) is 23.0 Å². The lowest BCUT2D eigenvalue weighted by atomic mass is 9.56. The smallest absolute Gasteiger partial charge is 0.338 e. The molecule has 10 nitrogen and oxygen atoms in total. The maximum Gasteiger partial charge on any atom is 0.338 e. The van der Waals surface area contributed by atoms with Gasteiger partial charge in [0.15, 0.2) is 11.2 Å². The third kappa shape index (κ3) is 9.24. The fourth-order valence-corrected chi connectivity index (χ4v) is 8.81. The molecule has 0 amide bonds. The van der Waals surface area contributed by atoms with E-state index in [-0.39, 0.29) is 42.7 Å². The maximum absolute atomic E-state index is 14.5. The van der Waals surface area contributed by atoms with Crippen molar-refractivity contribution in [2.45, 2.75) is 100 Å². The number of carbonyl (C=O) groups excluding carboxylic acids is 1. The molecule has 5 aromatic carbocycles. The Morgan fingerprint density at radius 3 is 1.69 bits per heavy atom. The minimum Gasteiger partial charge on any atom is -0.496 e. The van der Waals surface area contributed by atoms with Crippen molar-refractivity contribution in [3.63, 3.8) is 0 Å². The second-order valence-corrected chi connectivity index (χ2v) is 17.7. The first-order valence-corrected chi connectivity index (χ1v) is 20.0. The number of esters is 1. The molecule has 5 aromatic rings. The fourth-order valence-electron chi connectivity index (χ4n) is 8.81. The molecule has 61 heavy (non-hydrogen) atoms. The van der Waals surface area contributed by atoms with Crippen molar-refractivity contribution in [1.82, 2.24) is 0 Å². The average molecular weight is 834 g/mol. The van der Waals surface area contributed by atoms with E-state index in [0.717, 1.165) is 11.1 Å². The number of carboxylic acid groups (broad SMARTS) is 2. The topological polar surface area (TPSA) is 177 Å². The van der Waals surface area contributed by atoms with E-state index in [1.165, 1.54) is 37.4 Å². The van der Waals surface area contributed by atoms with E-state index in [1.54, 1.807) is 50.2 Å². The van der Waals surface area contributed by atoms with Gasteiger partial charge < -0.3 is 35.6 Å². The number of halogens is 1. The molecule has 322 valence electrons. The first kappa shape index (κ1) is 46.2. The molecule has 1 heterocycles. The maximum atomic E-state index is 14.5. The zero-order valence-electron chi connectivity index (χ0n) is 35.7. The molecule has 1 aliphatic rings. The van der Waals surface area contributed by atoms with Crippen molar-refractivity contribution in [2.24, 2.45) is 5.73 Å². The molecule has 0 aliphatic carbocycles. The van der Waals surface area contributed by atoms with E-state index in [0.29, 0.717) is 16.7 Å². The predicted molar refractivity (Wildman–Crippen MR) is 231 cm³/mol. The highest BCUT2D eigenvalue weighted by Crippen LogP contribution is 2.51. The number of nitrogens with two attached hydrogens (primary N) is 1. The molecule has 0 spiro atoms. The summed E-state index contributed by atoms with van der Waals surface area (Å²) in [5.41, 5.74) is 2.31. The summed E-state index contributed by atoms with van der Waals surface area (Å²) in [5, 5.41) is 43.5. The number of carboxylic acids is 2. The summed E-state index contributed by atoms with van der Waals surface area (Å²) in [6.07, 6.45) is -0.0432. The van der Waals surface area contributed by atoms with Gasteiger partial charge in [-0.25, -0.2) is 18.8 Å². The monoisotopic (exact) mass is 833 g/mol. The van der Waals surface area contributed by atoms with Crippen LogP contribution in [0.4, 0.5) is 4.39 Å². The van der Waals surface area contributed by atoms with E-state index in [2.05, 4.69) is 0 Å². The standard InChI is InChI=1S/C28H28FNO6.C22H28O3/c1-26(2,22-14-20(29)10-12-23(22)35-3)28(30,19-9-11-21-18(13-19)16-36-24(21)31)27(34,25(32)33)15-17-7-5-4-6-8-17;1-20(2,17-11-7-5-8-12-17)15-22(25,19(23)24)16-21(3,4)18-13-9-6-10-14-18/h4-14,34H,15-16,30H2,1-3H3,(H,32,33);5-14,25H,15-16H2,1-4H3,(H,23,24). The van der Waals surface area contributed by atoms with Crippen molar-refractivity contribution in [3.05, 3.63) is 172 Å². The normalized spacial score (nSPS) is 15.0. The van der Waals surface area contributed by atoms with Gasteiger partial charge in [0.2, 0.25) is 0 Å². The minimum atomic E-state index is -2.58. The van der Waals surface area contributed by atoms with Crippen LogP contribution in [0.2, 0.25) is 0 Å². The van der Waals surface area contributed by atoms with Crippen LogP contribution < -0.4 is 10.5 Å². The molecular weight excluding hydrogens is 778 g/mol. The number of cyclic esters (lactones) is 1. The quantitative estimate of drug-likeness (QED) is 0.0646. The highest BCUT2D eigenvalue weighted by atomic mass is 19.1. The number of fused-ring (bicyclic) bond motifs is 1. The van der Waals surface area contributed by atoms with Gasteiger partial charge in [0.05, 0.1) is 18.2 Å². The molecule has 0 radical (unpaired) electrons. The molecule has 6 N–H and O–H groups in total. The molecule has 0 bridgehead atoms. The van der Waals surface area contributed by atoms with Gasteiger partial charge in [0.25, 0.3) is 0 Å². The summed E-state index contributed by atoms with van der Waals surface area (Å²) in [5.74, 6) is -3.51. The van der Waals surface area contributed by atoms with E-state index in [1.807, 2.05) is 88.4 Å². The van der Waals surface area contributed by atoms with Gasteiger partial charge in [-0.05, 0) is 76.3 Å². The molecule has 2 atom stereocenters. The van der Waals surface area contributed by atoms with Crippen LogP contribution in [0.1, 0.15) is 98.1 Å². The Labute approximate surface area is 356 Å². The summed E-state index contributed by atoms with van der Waals surface area (Å²) in [6, 6.07) is 36.6. The van der Waals surface area contributed by atoms with Crippen molar-refractivity contribution in [3.8, 4) is 5.75 Å². The molecule has 1 aliphatic heterocycles. The number of benzene rings is 5. The number of hydrogen-bond donors (Lipinski definition) is 5. The molecule has 11 heteroatoms. The van der Waals surface area contributed by atoms with Gasteiger partial charge in [-0.1, -0.05) is 139 Å². The molecule has 0 saturated carbocycles. The zero-order valence-corrected chi connectivity index (χ0v) is 35.7. The average Bonchev–Trinajstić information content (AvgIpc) is 3.60. The lowest BCUT2D eigenvalue weighted by molar-refractivity contribution is -0.172. The van der Waals surface area contributed by atoms with E-state index in [9.17, 15) is 39.2 Å². The SMILES string of the molecule is CC(C)(CC(O)(CC(C)(C)c1ccccc1)C(=O)O)c1ccccc1.COc1ccc(F)cc1C(C)(C)C(N)(c1ccc2c(c1)COC2=O)C(O)(Cc1ccccc1)C(=O)O. The molecule has 0 aromatic heterocycles. The van der Waals surface area contributed by atoms with Crippen LogP contribution in [0.3, 0.4) is 0 Å². The van der Waals surface area contributed by atoms with Crippen molar-refractivity contribution in [2.75, 3.05) is 7.11 Å². The number of hydrogen-bond acceptors (Lipinski definition) is 8. The van der Waals surface area contributed by atoms with Crippen LogP contribution in [0.15, 0.2) is 127 Å². The van der Waals surface area contributed by atoms with Gasteiger partial charge in [-0.2, -0.15) is 0 Å². The summed E-state index contributed by atoms with van der Waals surface area (Å²) >= 11 is 0. The third-order valence-electron chi connectivity index (χ3n) is 12.2. The molecule has 0 fully saturated rings. The molecular formula is C50H56FNO9. The Balaban J connectivity index is 0.000000247. The fraction of sp³-hybridized carbons (Fsp3) is 0.340. The van der Waals surface area contributed by atoms with Crippen molar-refractivity contribution < 1.29 is 48.7 Å². The van der Waals surface area contributed by atoms with Gasteiger partial charge in [0.1, 0.15) is 18.2 Å². The van der Waals surface area contributed by atoms with Gasteiger partial charge in [-0.15, -0.1) is 0 Å². The number of carbonyl (C=O) groups is 3. The summed E-state index contributed by atoms with van der Waals surface area (Å²) in [6.45, 7) is 11.2. The first-order valence-electron chi connectivity index (χ1n) is 20.0. The summed E-state index contributed by atoms with van der Waals surface area (Å²) < 4.78 is 25.1. The van der Waals surface area contributed by atoms with Crippen LogP contribution in [0.5, 0.6) is 5.75 Å². The van der Waals surface area contributed by atoms with Crippen molar-refractivity contribution >= 4 is 17.9 Å². The predicted octanol–water partition coefficient (Wildman–Crippen LogP) is 8.23. The first-order chi connectivity index (χ1) is 28.5. The van der Waals surface area contributed by atoms with Crippen LogP contribution >= 0.6 is 0 Å². The van der Waals surface area contributed by atoms with E-state index < -0.39 is 56.7 Å². The second kappa shape index (κ2) is 17.6. The van der Waals surface area contributed by atoms with Crippen LogP contribution in [0, 0.1) is 5.82 Å².